The fourth-order valence-electron chi connectivity index (χ4n) is 2.15. The van der Waals surface area contributed by atoms with E-state index in [4.69, 9.17) is 9.26 Å². The molecule has 1 aliphatic rings. The summed E-state index contributed by atoms with van der Waals surface area (Å²) < 4.78 is 10.8. The Hall–Kier alpha value is -1.40. The van der Waals surface area contributed by atoms with E-state index in [2.05, 4.69) is 22.4 Å². The van der Waals surface area contributed by atoms with Gasteiger partial charge >= 0.3 is 0 Å². The van der Waals surface area contributed by atoms with E-state index in [-0.39, 0.29) is 17.9 Å². The van der Waals surface area contributed by atoms with Crippen LogP contribution in [0.25, 0.3) is 0 Å². The summed E-state index contributed by atoms with van der Waals surface area (Å²) in [5.74, 6) is 0.771. The highest BCUT2D eigenvalue weighted by Crippen LogP contribution is 2.14. The third-order valence-corrected chi connectivity index (χ3v) is 3.42. The number of carbonyl (C=O) groups is 1. The minimum absolute atomic E-state index is 0.190. The molecule has 0 unspecified atom stereocenters. The predicted molar refractivity (Wildman–Crippen MR) is 74.8 cm³/mol. The van der Waals surface area contributed by atoms with Crippen LogP contribution in [0.4, 0.5) is 0 Å². The van der Waals surface area contributed by atoms with Crippen molar-refractivity contribution in [2.45, 2.75) is 32.3 Å². The highest BCUT2D eigenvalue weighted by molar-refractivity contribution is 5.92. The molecule has 112 valence electrons. The van der Waals surface area contributed by atoms with Crippen molar-refractivity contribution in [3.8, 4) is 0 Å². The summed E-state index contributed by atoms with van der Waals surface area (Å²) in [7, 11) is 2.08. The molecule has 0 radical (unpaired) electrons. The molecule has 20 heavy (non-hydrogen) atoms. The van der Waals surface area contributed by atoms with Gasteiger partial charge in [-0.3, -0.25) is 4.79 Å². The summed E-state index contributed by atoms with van der Waals surface area (Å²) in [5.41, 5.74) is 0.343. The lowest BCUT2D eigenvalue weighted by Crippen LogP contribution is -2.41. The van der Waals surface area contributed by atoms with Gasteiger partial charge < -0.3 is 19.5 Å². The van der Waals surface area contributed by atoms with Gasteiger partial charge in [0.2, 0.25) is 0 Å². The number of hydrogen-bond acceptors (Lipinski definition) is 5. The molecule has 0 bridgehead atoms. The number of hydrogen-bond donors (Lipinski definition) is 1. The van der Waals surface area contributed by atoms with Crippen molar-refractivity contribution < 1.29 is 14.1 Å². The van der Waals surface area contributed by atoms with E-state index in [9.17, 15) is 4.79 Å². The molecule has 0 saturated carbocycles. The van der Waals surface area contributed by atoms with Crippen LogP contribution in [-0.4, -0.2) is 55.4 Å². The van der Waals surface area contributed by atoms with Crippen molar-refractivity contribution >= 4 is 5.91 Å². The second kappa shape index (κ2) is 6.85. The minimum Gasteiger partial charge on any atom is -0.375 e. The second-order valence-corrected chi connectivity index (χ2v) is 5.57. The molecule has 1 aromatic rings. The molecule has 0 aromatic carbocycles. The van der Waals surface area contributed by atoms with Crippen LogP contribution >= 0.6 is 0 Å². The Morgan fingerprint density at radius 1 is 1.60 bits per heavy atom. The van der Waals surface area contributed by atoms with Gasteiger partial charge in [0.1, 0.15) is 5.76 Å². The van der Waals surface area contributed by atoms with Gasteiger partial charge in [0.25, 0.3) is 5.91 Å². The molecule has 1 amide bonds. The molecular formula is C14H23N3O3. The normalized spacial score (nSPS) is 20.3. The average Bonchev–Trinajstić information content (AvgIpc) is 2.88. The Morgan fingerprint density at radius 2 is 2.40 bits per heavy atom. The Balaban J connectivity index is 1.74. The maximum Gasteiger partial charge on any atom is 0.273 e. The van der Waals surface area contributed by atoms with Crippen molar-refractivity contribution in [2.75, 3.05) is 33.3 Å². The van der Waals surface area contributed by atoms with E-state index in [1.807, 2.05) is 13.8 Å². The monoisotopic (exact) mass is 281 g/mol. The van der Waals surface area contributed by atoms with E-state index in [0.29, 0.717) is 12.2 Å². The van der Waals surface area contributed by atoms with Gasteiger partial charge in [-0.05, 0) is 13.5 Å². The molecule has 2 rings (SSSR count). The van der Waals surface area contributed by atoms with Crippen molar-refractivity contribution in [2.24, 2.45) is 0 Å². The molecular weight excluding hydrogens is 258 g/mol. The lowest BCUT2D eigenvalue weighted by Gasteiger charge is -2.30. The van der Waals surface area contributed by atoms with E-state index < -0.39 is 0 Å². The SMILES string of the molecule is CC(C)c1cc(C(=O)NCC[C@H]2CN(C)CCO2)no1. The molecule has 0 aliphatic carbocycles. The standard InChI is InChI=1S/C14H23N3O3/c1-10(2)13-8-12(16-20-13)14(18)15-5-4-11-9-17(3)6-7-19-11/h8,10-11H,4-7,9H2,1-3H3,(H,15,18)/t11-/m0/s1. The first-order valence-electron chi connectivity index (χ1n) is 7.11. The van der Waals surface area contributed by atoms with Gasteiger partial charge in [0.05, 0.1) is 12.7 Å². The first-order chi connectivity index (χ1) is 9.56. The zero-order valence-corrected chi connectivity index (χ0v) is 12.4. The molecule has 6 nitrogen and oxygen atoms in total. The van der Waals surface area contributed by atoms with Crippen LogP contribution in [0.15, 0.2) is 10.6 Å². The molecule has 1 N–H and O–H groups in total. The quantitative estimate of drug-likeness (QED) is 0.879. The third-order valence-electron chi connectivity index (χ3n) is 3.42. The maximum atomic E-state index is 11.9. The van der Waals surface area contributed by atoms with E-state index in [1.54, 1.807) is 6.07 Å². The number of nitrogens with one attached hydrogen (secondary N) is 1. The molecule has 0 spiro atoms. The van der Waals surface area contributed by atoms with Crippen LogP contribution in [0.1, 0.15) is 42.4 Å². The first kappa shape index (κ1) is 15.0. The summed E-state index contributed by atoms with van der Waals surface area (Å²) in [4.78, 5) is 14.1. The summed E-state index contributed by atoms with van der Waals surface area (Å²) in [6.45, 7) is 7.23. The van der Waals surface area contributed by atoms with Gasteiger partial charge in [-0.25, -0.2) is 0 Å². The zero-order valence-electron chi connectivity index (χ0n) is 12.4. The Bertz CT molecular complexity index is 445. The maximum absolute atomic E-state index is 11.9. The van der Waals surface area contributed by atoms with E-state index >= 15 is 0 Å². The zero-order chi connectivity index (χ0) is 14.5. The van der Waals surface area contributed by atoms with Crippen molar-refractivity contribution in [1.29, 1.82) is 0 Å². The fourth-order valence-corrected chi connectivity index (χ4v) is 2.15. The number of morpholine rings is 1. The van der Waals surface area contributed by atoms with Crippen LogP contribution in [-0.2, 0) is 4.74 Å². The van der Waals surface area contributed by atoms with Crippen molar-refractivity contribution in [3.63, 3.8) is 0 Å². The van der Waals surface area contributed by atoms with Crippen molar-refractivity contribution in [1.82, 2.24) is 15.4 Å². The predicted octanol–water partition coefficient (Wildman–Crippen LogP) is 1.25. The van der Waals surface area contributed by atoms with Crippen LogP contribution in [0.2, 0.25) is 0 Å². The van der Waals surface area contributed by atoms with E-state index in [0.717, 1.165) is 31.9 Å². The first-order valence-corrected chi connectivity index (χ1v) is 7.11. The lowest BCUT2D eigenvalue weighted by molar-refractivity contribution is -0.0226. The number of aromatic nitrogens is 1. The smallest absolute Gasteiger partial charge is 0.273 e. The molecule has 1 saturated heterocycles. The minimum atomic E-state index is -0.190. The van der Waals surface area contributed by atoms with Gasteiger partial charge in [-0.2, -0.15) is 0 Å². The van der Waals surface area contributed by atoms with E-state index in [1.165, 1.54) is 0 Å². The van der Waals surface area contributed by atoms with Crippen LogP contribution < -0.4 is 5.32 Å². The Kier molecular flexibility index (Phi) is 5.14. The van der Waals surface area contributed by atoms with Crippen LogP contribution in [0, 0.1) is 0 Å². The van der Waals surface area contributed by atoms with Gasteiger partial charge in [-0.15, -0.1) is 0 Å². The van der Waals surface area contributed by atoms with Gasteiger partial charge in [0, 0.05) is 31.6 Å². The summed E-state index contributed by atoms with van der Waals surface area (Å²) in [5, 5.41) is 6.64. The molecule has 1 aromatic heterocycles. The van der Waals surface area contributed by atoms with Crippen LogP contribution in [0.5, 0.6) is 0 Å². The number of ether oxygens (including phenoxy) is 1. The Morgan fingerprint density at radius 3 is 3.05 bits per heavy atom. The molecule has 1 aliphatic heterocycles. The molecule has 1 fully saturated rings. The summed E-state index contributed by atoms with van der Waals surface area (Å²) in [6, 6.07) is 1.70. The number of carbonyl (C=O) groups excluding carboxylic acids is 1. The van der Waals surface area contributed by atoms with Gasteiger partial charge in [0.15, 0.2) is 5.69 Å². The Labute approximate surface area is 119 Å². The van der Waals surface area contributed by atoms with Crippen LogP contribution in [0.3, 0.4) is 0 Å². The number of likely N-dealkylation sites (N-methyl/N-ethyl adjacent to an activating group) is 1. The summed E-state index contributed by atoms with van der Waals surface area (Å²) in [6.07, 6.45) is 1.00. The number of nitrogens with zero attached hydrogens (tertiary/aromatic N) is 2. The highest BCUT2D eigenvalue weighted by Gasteiger charge is 2.18. The number of rotatable bonds is 5. The topological polar surface area (TPSA) is 67.6 Å². The molecule has 6 heteroatoms. The lowest BCUT2D eigenvalue weighted by atomic mass is 10.1. The largest absolute Gasteiger partial charge is 0.375 e. The third kappa shape index (κ3) is 4.05. The summed E-state index contributed by atoms with van der Waals surface area (Å²) >= 11 is 0. The molecule has 1 atom stereocenters. The molecule has 2 heterocycles. The average molecular weight is 281 g/mol. The number of amides is 1. The van der Waals surface area contributed by atoms with Gasteiger partial charge in [-0.1, -0.05) is 19.0 Å². The fraction of sp³-hybridized carbons (Fsp3) is 0.714. The highest BCUT2D eigenvalue weighted by atomic mass is 16.5. The second-order valence-electron chi connectivity index (χ2n) is 5.57. The van der Waals surface area contributed by atoms with Crippen molar-refractivity contribution in [3.05, 3.63) is 17.5 Å².